The van der Waals surface area contributed by atoms with Gasteiger partial charge in [-0.25, -0.2) is 0 Å². The van der Waals surface area contributed by atoms with Crippen LogP contribution in [0.25, 0.3) is 11.3 Å². The number of imide groups is 2. The number of piperidine rings is 1. The van der Waals surface area contributed by atoms with E-state index in [1.807, 2.05) is 12.1 Å². The molecule has 24 nitrogen and oxygen atoms in total. The number of carbonyl (C=O) groups is 8. The Labute approximate surface area is 430 Å². The first-order valence-electron chi connectivity index (χ1n) is 24.3. The molecule has 0 bridgehead atoms. The molecule has 3 heterocycles. The zero-order valence-electron chi connectivity index (χ0n) is 41.5. The van der Waals surface area contributed by atoms with Crippen LogP contribution in [0.15, 0.2) is 65.2 Å². The molecule has 1 saturated heterocycles. The lowest BCUT2D eigenvalue weighted by atomic mass is 10.0. The van der Waals surface area contributed by atoms with Gasteiger partial charge in [0.15, 0.2) is 24.7 Å². The third-order valence-electron chi connectivity index (χ3n) is 11.9. The van der Waals surface area contributed by atoms with Crippen molar-refractivity contribution in [1.29, 1.82) is 0 Å². The maximum absolute atomic E-state index is 13.2. The van der Waals surface area contributed by atoms with Crippen LogP contribution in [0.1, 0.15) is 78.0 Å². The van der Waals surface area contributed by atoms with E-state index in [0.717, 1.165) is 22.4 Å². The number of carbonyl (C=O) groups excluding carboxylic acids is 8. The number of aromatic hydroxyl groups is 1. The second-order valence-corrected chi connectivity index (χ2v) is 17.4. The van der Waals surface area contributed by atoms with E-state index in [2.05, 4.69) is 26.4 Å². The fraction of sp³-hybridized carbons (Fsp3) is 0.431. The smallest absolute Gasteiger partial charge is 0.273 e. The van der Waals surface area contributed by atoms with Crippen molar-refractivity contribution in [3.05, 3.63) is 94.2 Å². The Balaban J connectivity index is 0.650. The van der Waals surface area contributed by atoms with Gasteiger partial charge >= 0.3 is 0 Å². The van der Waals surface area contributed by atoms with Gasteiger partial charge in [-0.2, -0.15) is 0 Å². The summed E-state index contributed by atoms with van der Waals surface area (Å²) in [5, 5.41) is 24.8. The summed E-state index contributed by atoms with van der Waals surface area (Å²) in [6.07, 6.45) is 1.42. The standard InChI is InChI=1S/C51H59N7O17/c1-57(2)49(65)34-10-7-32(26-40(34)59)42-28-38(56-75-42)47(63)54-37-11-8-31-6-9-33(27-36(31)37)73-29-44(61)52-14-16-68-18-20-70-22-24-72-25-23-71-21-19-69-17-15-53-45(62)30-74-41-5-3-4-35-46(41)51(67)58(50(35)66)39-12-13-43(60)55-48(39)64/h3-7,9-10,26-28,37,39,59H,8,11-25,29-30H2,1-2H3,(H,52,61)(H,53,62)(H,54,63)(H,55,60,64)/t37-,39?/m1/s1. The molecule has 75 heavy (non-hydrogen) atoms. The normalized spacial score (nSPS) is 15.8. The molecule has 1 unspecified atom stereocenters. The first-order chi connectivity index (χ1) is 36.3. The Morgan fingerprint density at radius 3 is 2.01 bits per heavy atom. The van der Waals surface area contributed by atoms with Crippen molar-refractivity contribution >= 4 is 47.3 Å². The Morgan fingerprint density at radius 1 is 0.747 bits per heavy atom. The average Bonchev–Trinajstić information content (AvgIpc) is 4.13. The molecule has 8 amide bonds. The van der Waals surface area contributed by atoms with Crippen molar-refractivity contribution < 1.29 is 81.1 Å². The zero-order chi connectivity index (χ0) is 53.3. The predicted molar refractivity (Wildman–Crippen MR) is 261 cm³/mol. The van der Waals surface area contributed by atoms with Crippen molar-refractivity contribution in [1.82, 2.24) is 36.2 Å². The molecule has 3 aromatic carbocycles. The van der Waals surface area contributed by atoms with Gasteiger partial charge in [-0.1, -0.05) is 23.4 Å². The maximum Gasteiger partial charge on any atom is 0.273 e. The number of ether oxygens (including phenoxy) is 7. The summed E-state index contributed by atoms with van der Waals surface area (Å²) in [5.41, 5.74) is 2.55. The van der Waals surface area contributed by atoms with Gasteiger partial charge in [-0.3, -0.25) is 48.6 Å². The number of benzene rings is 3. The number of hydrogen-bond donors (Lipinski definition) is 5. The SMILES string of the molecule is CN(C)C(=O)c1ccc(-c2cc(C(=O)N[C@@H]3CCc4ccc(OCC(=O)NCCOCCOCCOCCOCCOCCNC(=O)COc5cccc6c5C(=O)N(C5CCC(=O)NC5=O)C6=O)cc43)no2)cc1O. The number of nitrogens with zero attached hydrogens (tertiary/aromatic N) is 3. The van der Waals surface area contributed by atoms with Crippen LogP contribution in [0, 0.1) is 0 Å². The predicted octanol–water partition coefficient (Wildman–Crippen LogP) is 1.34. The summed E-state index contributed by atoms with van der Waals surface area (Å²) in [7, 11) is 3.17. The minimum absolute atomic E-state index is 0.00415. The summed E-state index contributed by atoms with van der Waals surface area (Å²) in [4.78, 5) is 102. The van der Waals surface area contributed by atoms with Gasteiger partial charge in [-0.05, 0) is 66.8 Å². The summed E-state index contributed by atoms with van der Waals surface area (Å²) < 4.78 is 44.2. The van der Waals surface area contributed by atoms with E-state index in [4.69, 9.17) is 37.7 Å². The quantitative estimate of drug-likeness (QED) is 0.0379. The molecule has 2 atom stereocenters. The number of aromatic nitrogens is 1. The van der Waals surface area contributed by atoms with Crippen LogP contribution in [0.2, 0.25) is 0 Å². The van der Waals surface area contributed by atoms with Gasteiger partial charge in [0.1, 0.15) is 23.3 Å². The van der Waals surface area contributed by atoms with E-state index < -0.39 is 48.1 Å². The molecule has 0 radical (unpaired) electrons. The number of fused-ring (bicyclic) bond motifs is 2. The molecule has 2 aliphatic heterocycles. The molecule has 1 aromatic heterocycles. The number of nitrogens with one attached hydrogen (secondary N) is 4. The lowest BCUT2D eigenvalue weighted by Gasteiger charge is -2.27. The highest BCUT2D eigenvalue weighted by Crippen LogP contribution is 2.36. The van der Waals surface area contributed by atoms with Gasteiger partial charge < -0.3 is 63.6 Å². The summed E-state index contributed by atoms with van der Waals surface area (Å²) in [5.74, 6) is -3.69. The lowest BCUT2D eigenvalue weighted by molar-refractivity contribution is -0.136. The Kier molecular flexibility index (Phi) is 19.8. The van der Waals surface area contributed by atoms with Gasteiger partial charge in [0.2, 0.25) is 11.8 Å². The van der Waals surface area contributed by atoms with Gasteiger partial charge in [0.05, 0.1) is 88.8 Å². The summed E-state index contributed by atoms with van der Waals surface area (Å²) in [6.45, 7) is 2.99. The first kappa shape index (κ1) is 55.0. The third kappa shape index (κ3) is 14.9. The molecule has 3 aliphatic rings. The van der Waals surface area contributed by atoms with Crippen LogP contribution in [-0.4, -0.2) is 180 Å². The van der Waals surface area contributed by atoms with E-state index in [1.54, 1.807) is 26.2 Å². The Morgan fingerprint density at radius 2 is 1.39 bits per heavy atom. The lowest BCUT2D eigenvalue weighted by Crippen LogP contribution is -2.54. The first-order valence-corrected chi connectivity index (χ1v) is 24.3. The second-order valence-electron chi connectivity index (χ2n) is 17.4. The number of amides is 8. The van der Waals surface area contributed by atoms with Crippen molar-refractivity contribution in [3.8, 4) is 28.6 Å². The molecule has 1 fully saturated rings. The maximum atomic E-state index is 13.2. The second kappa shape index (κ2) is 27.0. The summed E-state index contributed by atoms with van der Waals surface area (Å²) >= 11 is 0. The number of phenols is 1. The highest BCUT2D eigenvalue weighted by molar-refractivity contribution is 6.24. The molecule has 24 heteroatoms. The number of phenolic OH excluding ortho intramolecular Hbond substituents is 1. The van der Waals surface area contributed by atoms with E-state index in [0.29, 0.717) is 64.0 Å². The van der Waals surface area contributed by atoms with E-state index in [9.17, 15) is 43.5 Å². The monoisotopic (exact) mass is 1040 g/mol. The van der Waals surface area contributed by atoms with Gasteiger partial charge in [0, 0.05) is 45.2 Å². The average molecular weight is 1040 g/mol. The van der Waals surface area contributed by atoms with Crippen molar-refractivity contribution in [2.24, 2.45) is 0 Å². The fourth-order valence-corrected chi connectivity index (χ4v) is 8.18. The Hall–Kier alpha value is -7.77. The van der Waals surface area contributed by atoms with Crippen molar-refractivity contribution in [3.63, 3.8) is 0 Å². The number of aryl methyl sites for hydroxylation is 1. The van der Waals surface area contributed by atoms with E-state index in [-0.39, 0.29) is 110 Å². The number of hydrogen-bond acceptors (Lipinski definition) is 18. The molecule has 5 N–H and O–H groups in total. The topological polar surface area (TPSA) is 302 Å². The zero-order valence-corrected chi connectivity index (χ0v) is 41.5. The Bertz CT molecular complexity index is 2730. The van der Waals surface area contributed by atoms with Crippen LogP contribution < -0.4 is 30.7 Å². The minimum atomic E-state index is -1.12. The van der Waals surface area contributed by atoms with Crippen LogP contribution in [0.5, 0.6) is 17.2 Å². The van der Waals surface area contributed by atoms with Crippen LogP contribution in [-0.2, 0) is 49.3 Å². The third-order valence-corrected chi connectivity index (χ3v) is 11.9. The van der Waals surface area contributed by atoms with E-state index >= 15 is 0 Å². The molecule has 0 saturated carbocycles. The highest BCUT2D eigenvalue weighted by atomic mass is 16.6. The molecule has 4 aromatic rings. The minimum Gasteiger partial charge on any atom is -0.507 e. The van der Waals surface area contributed by atoms with Crippen molar-refractivity contribution in [2.45, 2.75) is 37.8 Å². The van der Waals surface area contributed by atoms with Crippen LogP contribution in [0.4, 0.5) is 0 Å². The molecule has 0 spiro atoms. The molecular formula is C51H59N7O17. The van der Waals surface area contributed by atoms with Crippen LogP contribution in [0.3, 0.4) is 0 Å². The molecule has 7 rings (SSSR count). The van der Waals surface area contributed by atoms with Crippen LogP contribution >= 0.6 is 0 Å². The highest BCUT2D eigenvalue weighted by Gasteiger charge is 2.46. The molecular weight excluding hydrogens is 983 g/mol. The van der Waals surface area contributed by atoms with Gasteiger partial charge in [-0.15, -0.1) is 0 Å². The molecule has 400 valence electrons. The summed E-state index contributed by atoms with van der Waals surface area (Å²) in [6, 6.07) is 14.4. The fourth-order valence-electron chi connectivity index (χ4n) is 8.18. The van der Waals surface area contributed by atoms with Crippen molar-refractivity contribution in [2.75, 3.05) is 106 Å². The van der Waals surface area contributed by atoms with Gasteiger partial charge in [0.25, 0.3) is 35.4 Å². The number of rotatable bonds is 29. The van der Waals surface area contributed by atoms with E-state index in [1.165, 1.54) is 41.3 Å². The largest absolute Gasteiger partial charge is 0.507 e. The molecule has 1 aliphatic carbocycles.